The van der Waals surface area contributed by atoms with Gasteiger partial charge in [-0.25, -0.2) is 4.39 Å². The van der Waals surface area contributed by atoms with Gasteiger partial charge < -0.3 is 14.9 Å². The number of halogens is 1. The minimum absolute atomic E-state index is 0.0576. The fraction of sp³-hybridized carbons (Fsp3) is 0.216. The van der Waals surface area contributed by atoms with Crippen LogP contribution >= 0.6 is 0 Å². The molecule has 2 aliphatic carbocycles. The van der Waals surface area contributed by atoms with Gasteiger partial charge >= 0.3 is 0 Å². The van der Waals surface area contributed by atoms with E-state index < -0.39 is 0 Å². The largest absolute Gasteiger partial charge is 0.507 e. The number of amides is 2. The molecule has 6 aromatic carbocycles. The van der Waals surface area contributed by atoms with Crippen molar-refractivity contribution in [3.8, 4) is 5.75 Å². The first-order valence-electron chi connectivity index (χ1n) is 19.7. The van der Waals surface area contributed by atoms with Crippen LogP contribution in [0.2, 0.25) is 0 Å². The molecule has 0 bridgehead atoms. The van der Waals surface area contributed by atoms with E-state index in [0.29, 0.717) is 36.4 Å². The molecule has 0 unspecified atom stereocenters. The summed E-state index contributed by atoms with van der Waals surface area (Å²) in [5.74, 6) is -0.516. The highest BCUT2D eigenvalue weighted by Crippen LogP contribution is 2.33. The SMILES string of the molecule is C/C=C\C=C/C.CC(=O)N(Cc1ccccc1)C1Cc2ccccc2C1.O=C(c1c(O)ccc2ccccc12)N(Cc1ccccc1F)C1Cc2ccccc2C1. The van der Waals surface area contributed by atoms with Gasteiger partial charge in [-0.2, -0.15) is 0 Å². The van der Waals surface area contributed by atoms with Crippen molar-refractivity contribution in [1.29, 1.82) is 0 Å². The van der Waals surface area contributed by atoms with E-state index in [0.717, 1.165) is 18.2 Å². The maximum absolute atomic E-state index is 14.5. The zero-order valence-electron chi connectivity index (χ0n) is 33.0. The number of fused-ring (bicyclic) bond motifs is 3. The first kappa shape index (κ1) is 40.4. The van der Waals surface area contributed by atoms with Crippen LogP contribution in [-0.2, 0) is 43.6 Å². The van der Waals surface area contributed by atoms with Crippen LogP contribution in [0.25, 0.3) is 10.8 Å². The quantitative estimate of drug-likeness (QED) is 0.157. The fourth-order valence-electron chi connectivity index (χ4n) is 7.82. The first-order valence-corrected chi connectivity index (χ1v) is 19.7. The van der Waals surface area contributed by atoms with E-state index in [1.165, 1.54) is 33.9 Å². The maximum atomic E-state index is 14.5. The Morgan fingerprint density at radius 1 is 0.614 bits per heavy atom. The van der Waals surface area contributed by atoms with Crippen molar-refractivity contribution < 1.29 is 19.1 Å². The Hall–Kier alpha value is -6.27. The molecule has 6 aromatic rings. The van der Waals surface area contributed by atoms with Crippen molar-refractivity contribution in [3.63, 3.8) is 0 Å². The molecule has 0 heterocycles. The third-order valence-corrected chi connectivity index (χ3v) is 10.7. The number of phenols is 1. The summed E-state index contributed by atoms with van der Waals surface area (Å²) in [7, 11) is 0. The molecule has 57 heavy (non-hydrogen) atoms. The van der Waals surface area contributed by atoms with Gasteiger partial charge in [0.2, 0.25) is 5.91 Å². The second-order valence-electron chi connectivity index (χ2n) is 14.6. The van der Waals surface area contributed by atoms with Gasteiger partial charge in [-0.1, -0.05) is 152 Å². The summed E-state index contributed by atoms with van der Waals surface area (Å²) in [6, 6.07) is 44.5. The number of phenolic OH excluding ortho intramolecular Hbond substituents is 1. The molecule has 0 atom stereocenters. The molecule has 0 fully saturated rings. The molecule has 2 amide bonds. The summed E-state index contributed by atoms with van der Waals surface area (Å²) in [6.45, 7) is 6.52. The molecule has 0 saturated heterocycles. The zero-order chi connectivity index (χ0) is 40.1. The smallest absolute Gasteiger partial charge is 0.258 e. The van der Waals surface area contributed by atoms with Gasteiger partial charge in [0, 0.05) is 37.7 Å². The molecule has 8 rings (SSSR count). The lowest BCUT2D eigenvalue weighted by Gasteiger charge is -2.30. The predicted octanol–water partition coefficient (Wildman–Crippen LogP) is 10.8. The monoisotopic (exact) mass is 758 g/mol. The molecule has 0 aromatic heterocycles. The molecule has 0 aliphatic heterocycles. The molecule has 0 radical (unpaired) electrons. The van der Waals surface area contributed by atoms with Crippen LogP contribution in [0, 0.1) is 5.82 Å². The zero-order valence-corrected chi connectivity index (χ0v) is 33.0. The highest BCUT2D eigenvalue weighted by molar-refractivity contribution is 6.09. The second-order valence-corrected chi connectivity index (χ2v) is 14.6. The molecule has 0 spiro atoms. The maximum Gasteiger partial charge on any atom is 0.258 e. The minimum Gasteiger partial charge on any atom is -0.507 e. The summed E-state index contributed by atoms with van der Waals surface area (Å²) >= 11 is 0. The Kier molecular flexibility index (Phi) is 13.9. The van der Waals surface area contributed by atoms with Gasteiger partial charge in [-0.05, 0) is 90.3 Å². The van der Waals surface area contributed by atoms with Crippen molar-refractivity contribution in [3.05, 3.63) is 209 Å². The molecule has 2 aliphatic rings. The van der Waals surface area contributed by atoms with Crippen LogP contribution in [0.4, 0.5) is 4.39 Å². The first-order chi connectivity index (χ1) is 27.8. The average Bonchev–Trinajstić information content (AvgIpc) is 3.87. The Morgan fingerprint density at radius 3 is 1.65 bits per heavy atom. The summed E-state index contributed by atoms with van der Waals surface area (Å²) in [4.78, 5) is 29.6. The number of benzene rings is 6. The van der Waals surface area contributed by atoms with Gasteiger partial charge in [0.15, 0.2) is 0 Å². The highest BCUT2D eigenvalue weighted by atomic mass is 19.1. The molecular formula is C51H51FN2O3. The lowest BCUT2D eigenvalue weighted by atomic mass is 10.0. The lowest BCUT2D eigenvalue weighted by Crippen LogP contribution is -2.40. The van der Waals surface area contributed by atoms with Gasteiger partial charge in [0.25, 0.3) is 5.91 Å². The number of hydrogen-bond acceptors (Lipinski definition) is 3. The van der Waals surface area contributed by atoms with Crippen molar-refractivity contribution in [1.82, 2.24) is 9.80 Å². The number of carbonyl (C=O) groups excluding carboxylic acids is 2. The Morgan fingerprint density at radius 2 is 1.11 bits per heavy atom. The minimum atomic E-state index is -0.335. The van der Waals surface area contributed by atoms with Crippen LogP contribution < -0.4 is 0 Å². The summed E-state index contributed by atoms with van der Waals surface area (Å²) < 4.78 is 14.5. The van der Waals surface area contributed by atoms with Gasteiger partial charge in [0.05, 0.1) is 5.56 Å². The molecule has 6 heteroatoms. The van der Waals surface area contributed by atoms with Gasteiger partial charge in [-0.15, -0.1) is 0 Å². The molecular weight excluding hydrogens is 708 g/mol. The Bertz CT molecular complexity index is 2290. The number of nitrogens with zero attached hydrogens (tertiary/aromatic N) is 2. The van der Waals surface area contributed by atoms with E-state index in [4.69, 9.17) is 0 Å². The van der Waals surface area contributed by atoms with Crippen molar-refractivity contribution >= 4 is 22.6 Å². The molecule has 0 saturated carbocycles. The summed E-state index contributed by atoms with van der Waals surface area (Å²) in [5, 5.41) is 12.2. The van der Waals surface area contributed by atoms with Crippen molar-refractivity contribution in [2.75, 3.05) is 0 Å². The van der Waals surface area contributed by atoms with Crippen LogP contribution in [0.15, 0.2) is 164 Å². The van der Waals surface area contributed by atoms with Gasteiger partial charge in [0.1, 0.15) is 11.6 Å². The van der Waals surface area contributed by atoms with Crippen LogP contribution in [0.1, 0.15) is 64.5 Å². The van der Waals surface area contributed by atoms with E-state index in [9.17, 15) is 19.1 Å². The highest BCUT2D eigenvalue weighted by Gasteiger charge is 2.33. The second kappa shape index (κ2) is 19.5. The lowest BCUT2D eigenvalue weighted by molar-refractivity contribution is -0.131. The number of aromatic hydroxyl groups is 1. The topological polar surface area (TPSA) is 60.9 Å². The van der Waals surface area contributed by atoms with Crippen LogP contribution in [0.5, 0.6) is 5.75 Å². The standard InChI is InChI=1S/C27H22FNO2.C18H19NO.C6H10/c28-24-12-6-4-10-21(24)17-29(22-15-19-8-1-2-9-20(19)16-22)27(31)26-23-11-5-3-7-18(23)13-14-25(26)30;1-14(20)19(13-15-7-3-2-4-8-15)18-11-16-9-5-6-10-17(16)12-18;1-3-5-6-4-2/h1-14,22,30H,15-17H2;2-10,18H,11-13H2,1H3;3-6H,1-2H3/b;;5-3-,6-4-. The van der Waals surface area contributed by atoms with Gasteiger partial charge in [-0.3, -0.25) is 9.59 Å². The Balaban J connectivity index is 0.000000181. The van der Waals surface area contributed by atoms with E-state index in [-0.39, 0.29) is 41.5 Å². The van der Waals surface area contributed by atoms with Crippen molar-refractivity contribution in [2.24, 2.45) is 0 Å². The molecule has 5 nitrogen and oxygen atoms in total. The van der Waals surface area contributed by atoms with E-state index in [2.05, 4.69) is 48.5 Å². The number of rotatable bonds is 8. The third-order valence-electron chi connectivity index (χ3n) is 10.7. The normalized spacial score (nSPS) is 13.4. The Labute approximate surface area is 336 Å². The van der Waals surface area contributed by atoms with E-state index in [1.807, 2.05) is 97.6 Å². The molecule has 290 valence electrons. The van der Waals surface area contributed by atoms with Crippen LogP contribution in [0.3, 0.4) is 0 Å². The fourth-order valence-corrected chi connectivity index (χ4v) is 7.82. The molecule has 1 N–H and O–H groups in total. The number of allylic oxidation sites excluding steroid dienone is 4. The summed E-state index contributed by atoms with van der Waals surface area (Å²) in [6.07, 6.45) is 11.4. The van der Waals surface area contributed by atoms with E-state index in [1.54, 1.807) is 42.2 Å². The number of carbonyl (C=O) groups is 2. The van der Waals surface area contributed by atoms with Crippen LogP contribution in [-0.4, -0.2) is 38.8 Å². The third kappa shape index (κ3) is 10.1. The van der Waals surface area contributed by atoms with Crippen molar-refractivity contribution in [2.45, 2.75) is 71.6 Å². The average molecular weight is 759 g/mol. The van der Waals surface area contributed by atoms with E-state index >= 15 is 0 Å². The number of hydrogen-bond donors (Lipinski definition) is 1. The predicted molar refractivity (Wildman–Crippen MR) is 229 cm³/mol. The summed E-state index contributed by atoms with van der Waals surface area (Å²) in [5.41, 5.74) is 7.12.